The first kappa shape index (κ1) is 16.5. The van der Waals surface area contributed by atoms with Crippen molar-refractivity contribution in [2.24, 2.45) is 11.8 Å². The van der Waals surface area contributed by atoms with Gasteiger partial charge >= 0.3 is 0 Å². The van der Waals surface area contributed by atoms with Crippen LogP contribution in [0.15, 0.2) is 22.6 Å². The number of hydrogen-bond donors (Lipinski definition) is 1. The average molecular weight is 367 g/mol. The molecule has 27 heavy (non-hydrogen) atoms. The first-order chi connectivity index (χ1) is 13.1. The number of carbonyl (C=O) groups is 3. The number of imide groups is 1. The van der Waals surface area contributed by atoms with Crippen molar-refractivity contribution < 1.29 is 18.8 Å². The van der Waals surface area contributed by atoms with Crippen LogP contribution in [0.1, 0.15) is 50.3 Å². The van der Waals surface area contributed by atoms with Crippen LogP contribution >= 0.6 is 0 Å². The maximum Gasteiger partial charge on any atom is 0.244 e. The highest BCUT2D eigenvalue weighted by molar-refractivity contribution is 6.08. The zero-order valence-electron chi connectivity index (χ0n) is 14.9. The van der Waals surface area contributed by atoms with Crippen molar-refractivity contribution >= 4 is 34.5 Å². The second-order valence-corrected chi connectivity index (χ2v) is 7.82. The molecule has 3 amide bonds. The van der Waals surface area contributed by atoms with Gasteiger partial charge in [0.2, 0.25) is 17.7 Å². The van der Waals surface area contributed by atoms with Crippen LogP contribution in [0, 0.1) is 11.8 Å². The fourth-order valence-corrected chi connectivity index (χ4v) is 4.26. The summed E-state index contributed by atoms with van der Waals surface area (Å²) in [6.07, 6.45) is 5.66. The Morgan fingerprint density at radius 2 is 1.81 bits per heavy atom. The van der Waals surface area contributed by atoms with Crippen molar-refractivity contribution in [3.63, 3.8) is 0 Å². The summed E-state index contributed by atoms with van der Waals surface area (Å²) in [5, 5.41) is 2.77. The molecule has 0 spiro atoms. The molecule has 2 saturated carbocycles. The first-order valence-corrected chi connectivity index (χ1v) is 9.66. The fraction of sp³-hybridized carbons (Fsp3) is 0.500. The first-order valence-electron chi connectivity index (χ1n) is 9.66. The van der Waals surface area contributed by atoms with E-state index >= 15 is 0 Å². The molecule has 7 nitrogen and oxygen atoms in total. The van der Waals surface area contributed by atoms with Crippen molar-refractivity contribution in [2.75, 3.05) is 11.9 Å². The van der Waals surface area contributed by atoms with Crippen LogP contribution in [-0.4, -0.2) is 34.2 Å². The van der Waals surface area contributed by atoms with Crippen LogP contribution in [0.25, 0.3) is 11.1 Å². The van der Waals surface area contributed by atoms with Crippen molar-refractivity contribution in [3.05, 3.63) is 24.1 Å². The van der Waals surface area contributed by atoms with Crippen molar-refractivity contribution in [1.29, 1.82) is 0 Å². The average Bonchev–Trinajstić information content (AvgIpc) is 3.39. The van der Waals surface area contributed by atoms with E-state index in [2.05, 4.69) is 10.3 Å². The molecule has 3 aliphatic rings. The third-order valence-corrected chi connectivity index (χ3v) is 5.85. The van der Waals surface area contributed by atoms with Crippen LogP contribution in [0.3, 0.4) is 0 Å². The van der Waals surface area contributed by atoms with Gasteiger partial charge in [0.1, 0.15) is 12.1 Å². The number of oxazole rings is 1. The third kappa shape index (κ3) is 2.91. The van der Waals surface area contributed by atoms with E-state index in [1.165, 1.54) is 0 Å². The molecule has 1 saturated heterocycles. The Labute approximate surface area is 156 Å². The summed E-state index contributed by atoms with van der Waals surface area (Å²) in [7, 11) is 0. The zero-order valence-corrected chi connectivity index (χ0v) is 14.9. The Morgan fingerprint density at radius 1 is 1.11 bits per heavy atom. The van der Waals surface area contributed by atoms with Gasteiger partial charge in [-0.05, 0) is 43.9 Å². The Hall–Kier alpha value is -2.70. The molecule has 2 aliphatic carbocycles. The van der Waals surface area contributed by atoms with Gasteiger partial charge in [-0.25, -0.2) is 4.98 Å². The predicted octanol–water partition coefficient (Wildman–Crippen LogP) is 2.82. The molecule has 1 aliphatic heterocycles. The largest absolute Gasteiger partial charge is 0.440 e. The second kappa shape index (κ2) is 6.18. The lowest BCUT2D eigenvalue weighted by Gasteiger charge is -2.19. The minimum atomic E-state index is -0.374. The normalized spacial score (nSPS) is 25.1. The quantitative estimate of drug-likeness (QED) is 0.839. The molecule has 2 atom stereocenters. The topological polar surface area (TPSA) is 92.5 Å². The van der Waals surface area contributed by atoms with Crippen molar-refractivity contribution in [3.8, 4) is 0 Å². The van der Waals surface area contributed by atoms with E-state index in [9.17, 15) is 14.4 Å². The van der Waals surface area contributed by atoms with Crippen LogP contribution in [0.2, 0.25) is 0 Å². The van der Waals surface area contributed by atoms with Gasteiger partial charge in [0.05, 0.1) is 11.8 Å². The van der Waals surface area contributed by atoms with Crippen molar-refractivity contribution in [2.45, 2.75) is 44.4 Å². The van der Waals surface area contributed by atoms with Crippen LogP contribution in [0.5, 0.6) is 0 Å². The molecule has 0 bridgehead atoms. The van der Waals surface area contributed by atoms with Gasteiger partial charge in [-0.2, -0.15) is 0 Å². The predicted molar refractivity (Wildman–Crippen MR) is 96.8 cm³/mol. The SMILES string of the molecule is O=C(CN1C(=O)[C@@H]2CCCC[C@H]2C1=O)Nc1ccc2oc(C3CC3)nc2c1. The summed E-state index contributed by atoms with van der Waals surface area (Å²) < 4.78 is 5.72. The fourth-order valence-electron chi connectivity index (χ4n) is 4.26. The lowest BCUT2D eigenvalue weighted by Crippen LogP contribution is -2.38. The number of carbonyl (C=O) groups excluding carboxylic acids is 3. The maximum absolute atomic E-state index is 12.5. The number of benzene rings is 1. The molecule has 7 heteroatoms. The Morgan fingerprint density at radius 3 is 2.48 bits per heavy atom. The van der Waals surface area contributed by atoms with E-state index < -0.39 is 0 Å². The molecule has 2 aromatic rings. The van der Waals surface area contributed by atoms with Crippen LogP contribution in [-0.2, 0) is 14.4 Å². The number of fused-ring (bicyclic) bond motifs is 2. The molecule has 5 rings (SSSR count). The molecular weight excluding hydrogens is 346 g/mol. The summed E-state index contributed by atoms with van der Waals surface area (Å²) >= 11 is 0. The number of amides is 3. The number of anilines is 1. The second-order valence-electron chi connectivity index (χ2n) is 7.82. The number of aromatic nitrogens is 1. The van der Waals surface area contributed by atoms with Gasteiger partial charge in [-0.1, -0.05) is 12.8 Å². The summed E-state index contributed by atoms with van der Waals surface area (Å²) in [4.78, 5) is 43.0. The number of likely N-dealkylation sites (tertiary alicyclic amines) is 1. The van der Waals surface area contributed by atoms with Gasteiger partial charge in [-0.3, -0.25) is 19.3 Å². The molecule has 1 aromatic heterocycles. The van der Waals surface area contributed by atoms with Gasteiger partial charge in [0, 0.05) is 11.6 Å². The molecule has 1 N–H and O–H groups in total. The van der Waals surface area contributed by atoms with E-state index in [0.717, 1.165) is 49.3 Å². The smallest absolute Gasteiger partial charge is 0.244 e. The van der Waals surface area contributed by atoms with E-state index in [0.29, 0.717) is 22.7 Å². The molecule has 2 heterocycles. The lowest BCUT2D eigenvalue weighted by molar-refractivity contribution is -0.142. The minimum absolute atomic E-state index is 0.194. The summed E-state index contributed by atoms with van der Waals surface area (Å²) in [6, 6.07) is 5.29. The van der Waals surface area contributed by atoms with Gasteiger partial charge in [0.25, 0.3) is 0 Å². The maximum atomic E-state index is 12.5. The van der Waals surface area contributed by atoms with E-state index in [-0.39, 0.29) is 36.1 Å². The highest BCUT2D eigenvalue weighted by Gasteiger charge is 2.48. The Bertz CT molecular complexity index is 922. The summed E-state index contributed by atoms with van der Waals surface area (Å²) in [6.45, 7) is -0.227. The molecule has 0 unspecified atom stereocenters. The van der Waals surface area contributed by atoms with Gasteiger partial charge in [-0.15, -0.1) is 0 Å². The third-order valence-electron chi connectivity index (χ3n) is 5.85. The monoisotopic (exact) mass is 367 g/mol. The number of nitrogens with one attached hydrogen (secondary N) is 1. The number of hydrogen-bond acceptors (Lipinski definition) is 5. The van der Waals surface area contributed by atoms with Gasteiger partial charge in [0.15, 0.2) is 11.5 Å². The number of nitrogens with zero attached hydrogens (tertiary/aromatic N) is 2. The number of rotatable bonds is 4. The van der Waals surface area contributed by atoms with E-state index in [1.54, 1.807) is 18.2 Å². The molecule has 1 aromatic carbocycles. The Kier molecular flexibility index (Phi) is 3.77. The Balaban J connectivity index is 1.28. The van der Waals surface area contributed by atoms with E-state index in [4.69, 9.17) is 4.42 Å². The molecule has 0 radical (unpaired) electrons. The molecular formula is C20H21N3O4. The minimum Gasteiger partial charge on any atom is -0.440 e. The van der Waals surface area contributed by atoms with Crippen molar-refractivity contribution in [1.82, 2.24) is 9.88 Å². The zero-order chi connectivity index (χ0) is 18.5. The summed E-state index contributed by atoms with van der Waals surface area (Å²) in [5.41, 5.74) is 1.98. The molecule has 140 valence electrons. The van der Waals surface area contributed by atoms with Crippen LogP contribution < -0.4 is 5.32 Å². The van der Waals surface area contributed by atoms with Crippen LogP contribution in [0.4, 0.5) is 5.69 Å². The van der Waals surface area contributed by atoms with Gasteiger partial charge < -0.3 is 9.73 Å². The highest BCUT2D eigenvalue weighted by atomic mass is 16.3. The highest BCUT2D eigenvalue weighted by Crippen LogP contribution is 2.41. The standard InChI is InChI=1S/C20H21N3O4/c24-17(10-23-19(25)13-3-1-2-4-14(13)20(23)26)21-12-7-8-16-15(9-12)22-18(27-16)11-5-6-11/h7-9,11,13-14H,1-6,10H2,(H,21,24)/t13-,14-/m1/s1. The summed E-state index contributed by atoms with van der Waals surface area (Å²) in [5.74, 6) is -0.0457. The lowest BCUT2D eigenvalue weighted by atomic mass is 9.81. The molecule has 3 fully saturated rings. The van der Waals surface area contributed by atoms with E-state index in [1.807, 2.05) is 0 Å².